The molecule has 0 saturated heterocycles. The maximum atomic E-state index is 2.62. The second-order valence-corrected chi connectivity index (χ2v) is 14.0. The van der Waals surface area contributed by atoms with Crippen LogP contribution in [-0.2, 0) is 0 Å². The molecule has 2 nitrogen and oxygen atoms in total. The zero-order valence-corrected chi connectivity index (χ0v) is 26.6. The Morgan fingerprint density at radius 1 is 0.596 bits per heavy atom. The molecule has 0 radical (unpaired) electrons. The lowest BCUT2D eigenvalue weighted by Gasteiger charge is -2.42. The molecule has 0 N–H and O–H groups in total. The smallest absolute Gasteiger partial charge is 0.333 e. The van der Waals surface area contributed by atoms with Crippen LogP contribution in [-0.4, -0.2) is 11.4 Å². The molecule has 0 spiro atoms. The molecule has 9 aromatic rings. The van der Waals surface area contributed by atoms with Crippen molar-refractivity contribution in [2.45, 2.75) is 6.92 Å². The highest BCUT2D eigenvalue weighted by molar-refractivity contribution is 7.26. The van der Waals surface area contributed by atoms with E-state index in [1.807, 2.05) is 11.3 Å². The van der Waals surface area contributed by atoms with Crippen molar-refractivity contribution in [2.24, 2.45) is 0 Å². The first kappa shape index (κ1) is 25.6. The van der Waals surface area contributed by atoms with Crippen molar-refractivity contribution in [3.05, 3.63) is 151 Å². The van der Waals surface area contributed by atoms with Crippen molar-refractivity contribution in [2.75, 3.05) is 4.81 Å². The molecule has 4 heterocycles. The van der Waals surface area contributed by atoms with Crippen LogP contribution in [0.4, 0.5) is 11.4 Å². The zero-order chi connectivity index (χ0) is 30.8. The number of hydrogen-bond donors (Lipinski definition) is 0. The van der Waals surface area contributed by atoms with E-state index in [2.05, 4.69) is 162 Å². The summed E-state index contributed by atoms with van der Waals surface area (Å²) >= 11 is 1.92. The highest BCUT2D eigenvalue weighted by Crippen LogP contribution is 2.49. The Hall–Kier alpha value is -5.58. The fraction of sp³-hybridized carbons (Fsp3) is 0.0233. The Labute approximate surface area is 276 Å². The van der Waals surface area contributed by atoms with Gasteiger partial charge in [0.1, 0.15) is 4.83 Å². The van der Waals surface area contributed by atoms with Gasteiger partial charge in [-0.05, 0) is 81.2 Å². The van der Waals surface area contributed by atoms with E-state index in [-0.39, 0.29) is 6.85 Å². The standard InChI is InChI=1S/C43H27BN2S/c1-26-24-34-39-31-13-6-5-12-29(31)20-23-36(39)46(30-21-18-28(19-22-30)27-10-3-2-4-11-27)44-35-16-9-15-33-40-32-14-7-8-17-38(32)47-43(40)45(42(33)35)37(25-26)41(34)44/h2-25H,1H3. The lowest BCUT2D eigenvalue weighted by molar-refractivity contribution is 1.18. The Bertz CT molecular complexity index is 2760. The Morgan fingerprint density at radius 2 is 1.34 bits per heavy atom. The van der Waals surface area contributed by atoms with Gasteiger partial charge in [-0.1, -0.05) is 115 Å². The van der Waals surface area contributed by atoms with Gasteiger partial charge < -0.3 is 9.38 Å². The number of rotatable bonds is 2. The Balaban J connectivity index is 1.28. The van der Waals surface area contributed by atoms with Crippen molar-refractivity contribution in [1.82, 2.24) is 4.57 Å². The third-order valence-corrected chi connectivity index (χ3v) is 11.6. The number of hydrogen-bond acceptors (Lipinski definition) is 2. The number of aromatic nitrogens is 1. The van der Waals surface area contributed by atoms with Gasteiger partial charge in [-0.25, -0.2) is 0 Å². The van der Waals surface area contributed by atoms with Gasteiger partial charge in [0.05, 0.1) is 5.52 Å². The van der Waals surface area contributed by atoms with Gasteiger partial charge in [0, 0.05) is 43.5 Å². The van der Waals surface area contributed by atoms with Crippen LogP contribution in [0.15, 0.2) is 146 Å². The summed E-state index contributed by atoms with van der Waals surface area (Å²) in [5, 5.41) is 6.63. The molecule has 0 bridgehead atoms. The number of fused-ring (bicyclic) bond motifs is 11. The van der Waals surface area contributed by atoms with E-state index in [4.69, 9.17) is 0 Å². The molecular weight excluding hydrogens is 587 g/mol. The minimum atomic E-state index is 0.0308. The van der Waals surface area contributed by atoms with Gasteiger partial charge in [-0.15, -0.1) is 11.3 Å². The summed E-state index contributed by atoms with van der Waals surface area (Å²) in [6, 6.07) is 54.2. The summed E-state index contributed by atoms with van der Waals surface area (Å²) in [5.74, 6) is 0. The highest BCUT2D eigenvalue weighted by atomic mass is 32.1. The Kier molecular flexibility index (Phi) is 5.04. The van der Waals surface area contributed by atoms with Crippen LogP contribution in [0.1, 0.15) is 5.56 Å². The fourth-order valence-electron chi connectivity index (χ4n) is 8.51. The maximum Gasteiger partial charge on any atom is 0.333 e. The minimum absolute atomic E-state index is 0.0308. The van der Waals surface area contributed by atoms with Gasteiger partial charge in [-0.3, -0.25) is 0 Å². The van der Waals surface area contributed by atoms with Crippen molar-refractivity contribution in [1.29, 1.82) is 0 Å². The van der Waals surface area contributed by atoms with Crippen LogP contribution >= 0.6 is 11.3 Å². The normalized spacial score (nSPS) is 13.1. The van der Waals surface area contributed by atoms with Crippen LogP contribution in [0.3, 0.4) is 0 Å². The van der Waals surface area contributed by atoms with Crippen LogP contribution < -0.4 is 15.7 Å². The van der Waals surface area contributed by atoms with E-state index in [0.29, 0.717) is 0 Å². The van der Waals surface area contributed by atoms with E-state index in [1.165, 1.54) is 97.8 Å². The number of thiophene rings is 1. The third kappa shape index (κ3) is 3.35. The van der Waals surface area contributed by atoms with E-state index in [0.717, 1.165) is 0 Å². The summed E-state index contributed by atoms with van der Waals surface area (Å²) in [5.41, 5.74) is 14.3. The molecule has 11 rings (SSSR count). The van der Waals surface area contributed by atoms with Crippen molar-refractivity contribution < 1.29 is 0 Å². The van der Waals surface area contributed by atoms with E-state index < -0.39 is 0 Å². The van der Waals surface area contributed by atoms with Crippen LogP contribution in [0.2, 0.25) is 0 Å². The number of para-hydroxylation sites is 1. The van der Waals surface area contributed by atoms with Crippen molar-refractivity contribution in [3.8, 4) is 27.9 Å². The summed E-state index contributed by atoms with van der Waals surface area (Å²) in [6.45, 7) is 2.29. The third-order valence-electron chi connectivity index (χ3n) is 10.4. The first-order valence-corrected chi connectivity index (χ1v) is 17.1. The molecule has 47 heavy (non-hydrogen) atoms. The second kappa shape index (κ2) is 9.25. The first-order valence-electron chi connectivity index (χ1n) is 16.3. The monoisotopic (exact) mass is 614 g/mol. The van der Waals surface area contributed by atoms with Crippen LogP contribution in [0, 0.1) is 6.92 Å². The molecule has 2 aliphatic heterocycles. The summed E-state index contributed by atoms with van der Waals surface area (Å²) < 4.78 is 3.94. The molecule has 2 aliphatic rings. The molecule has 0 fully saturated rings. The number of nitrogens with zero attached hydrogens (tertiary/aromatic N) is 2. The molecule has 0 unspecified atom stereocenters. The van der Waals surface area contributed by atoms with E-state index in [9.17, 15) is 0 Å². The molecule has 7 aromatic carbocycles. The second-order valence-electron chi connectivity index (χ2n) is 13.0. The van der Waals surface area contributed by atoms with Crippen molar-refractivity contribution in [3.63, 3.8) is 0 Å². The molecule has 0 aliphatic carbocycles. The van der Waals surface area contributed by atoms with Crippen LogP contribution in [0.25, 0.3) is 69.9 Å². The predicted molar refractivity (Wildman–Crippen MR) is 203 cm³/mol. The van der Waals surface area contributed by atoms with Crippen molar-refractivity contribution >= 4 is 82.5 Å². The molecule has 218 valence electrons. The SMILES string of the molecule is Cc1cc2c3c(c1)-n1c4sc5ccccc5c4c4cccc(c41)B3N(c1ccc(-c3ccccc3)cc1)c1ccc3ccccc3c1-2. The Morgan fingerprint density at radius 3 is 2.21 bits per heavy atom. The largest absolute Gasteiger partial charge is 0.376 e. The lowest BCUT2D eigenvalue weighted by atomic mass is 9.44. The summed E-state index contributed by atoms with van der Waals surface area (Å²) in [4.78, 5) is 3.96. The van der Waals surface area contributed by atoms with Gasteiger partial charge in [-0.2, -0.15) is 0 Å². The zero-order valence-electron chi connectivity index (χ0n) is 25.7. The number of benzene rings is 7. The fourth-order valence-corrected chi connectivity index (χ4v) is 9.75. The average Bonchev–Trinajstić information content (AvgIpc) is 3.66. The summed E-state index contributed by atoms with van der Waals surface area (Å²) in [6.07, 6.45) is 0. The van der Waals surface area contributed by atoms with Gasteiger partial charge in [0.2, 0.25) is 0 Å². The average molecular weight is 615 g/mol. The predicted octanol–water partition coefficient (Wildman–Crippen LogP) is 10.4. The highest BCUT2D eigenvalue weighted by Gasteiger charge is 2.44. The van der Waals surface area contributed by atoms with Crippen LogP contribution in [0.5, 0.6) is 0 Å². The van der Waals surface area contributed by atoms with E-state index in [1.54, 1.807) is 0 Å². The van der Waals surface area contributed by atoms with Gasteiger partial charge in [0.15, 0.2) is 0 Å². The lowest BCUT2D eigenvalue weighted by Crippen LogP contribution is -2.60. The molecular formula is C43H27BN2S. The number of anilines is 2. The molecule has 2 aromatic heterocycles. The molecule has 0 amide bonds. The van der Waals surface area contributed by atoms with E-state index >= 15 is 0 Å². The van der Waals surface area contributed by atoms with Gasteiger partial charge >= 0.3 is 6.85 Å². The topological polar surface area (TPSA) is 8.17 Å². The summed E-state index contributed by atoms with van der Waals surface area (Å²) in [7, 11) is 0. The van der Waals surface area contributed by atoms with Gasteiger partial charge in [0.25, 0.3) is 0 Å². The first-order chi connectivity index (χ1) is 23.2. The number of aryl methyl sites for hydroxylation is 1. The maximum absolute atomic E-state index is 2.62. The molecule has 4 heteroatoms. The quantitative estimate of drug-likeness (QED) is 0.176. The molecule has 0 saturated carbocycles. The molecule has 0 atom stereocenters. The minimum Gasteiger partial charge on any atom is -0.376 e.